The number of hydrogen-bond donors (Lipinski definition) is 2. The Hall–Kier alpha value is -2.10. The maximum atomic E-state index is 12.3. The van der Waals surface area contributed by atoms with Gasteiger partial charge >= 0.3 is 0 Å². The fourth-order valence-electron chi connectivity index (χ4n) is 3.76. The van der Waals surface area contributed by atoms with Crippen LogP contribution < -0.4 is 5.32 Å². The Morgan fingerprint density at radius 2 is 1.81 bits per heavy atom. The summed E-state index contributed by atoms with van der Waals surface area (Å²) >= 11 is 0. The van der Waals surface area contributed by atoms with Crippen LogP contribution in [0.15, 0.2) is 36.5 Å². The van der Waals surface area contributed by atoms with Gasteiger partial charge < -0.3 is 5.32 Å². The molecule has 4 heteroatoms. The van der Waals surface area contributed by atoms with Gasteiger partial charge in [0.05, 0.1) is 5.69 Å². The van der Waals surface area contributed by atoms with Crippen molar-refractivity contribution >= 4 is 11.6 Å². The minimum Gasteiger partial charge on any atom is -0.326 e. The Morgan fingerprint density at radius 1 is 1.10 bits per heavy atom. The lowest BCUT2D eigenvalue weighted by Gasteiger charge is -2.05. The quantitative estimate of drug-likeness (QED) is 0.905. The third-order valence-electron chi connectivity index (χ3n) is 4.92. The number of rotatable bonds is 3. The molecule has 2 aliphatic rings. The Bertz CT molecular complexity index is 621. The van der Waals surface area contributed by atoms with E-state index in [2.05, 4.69) is 15.5 Å². The van der Waals surface area contributed by atoms with E-state index in [-0.39, 0.29) is 11.8 Å². The van der Waals surface area contributed by atoms with E-state index >= 15 is 0 Å². The Labute approximate surface area is 124 Å². The van der Waals surface area contributed by atoms with Crippen molar-refractivity contribution in [2.75, 3.05) is 5.32 Å². The van der Waals surface area contributed by atoms with Crippen LogP contribution in [0, 0.1) is 17.8 Å². The van der Waals surface area contributed by atoms with Crippen molar-refractivity contribution in [2.45, 2.75) is 25.7 Å². The van der Waals surface area contributed by atoms with Gasteiger partial charge in [-0.05, 0) is 48.4 Å². The summed E-state index contributed by atoms with van der Waals surface area (Å²) in [5, 5.41) is 9.95. The Balaban J connectivity index is 1.42. The zero-order valence-corrected chi connectivity index (χ0v) is 11.9. The van der Waals surface area contributed by atoms with Crippen LogP contribution in [-0.4, -0.2) is 16.1 Å². The molecule has 0 aliphatic heterocycles. The maximum absolute atomic E-state index is 12.3. The molecule has 0 spiro atoms. The first kappa shape index (κ1) is 12.6. The largest absolute Gasteiger partial charge is 0.326 e. The van der Waals surface area contributed by atoms with E-state index in [1.54, 1.807) is 6.20 Å². The number of benzene rings is 1. The third kappa shape index (κ3) is 2.35. The summed E-state index contributed by atoms with van der Waals surface area (Å²) in [4.78, 5) is 12.3. The molecule has 2 saturated carbocycles. The van der Waals surface area contributed by atoms with Crippen LogP contribution in [0.4, 0.5) is 5.69 Å². The van der Waals surface area contributed by atoms with Crippen molar-refractivity contribution in [3.63, 3.8) is 0 Å². The Morgan fingerprint density at radius 3 is 2.43 bits per heavy atom. The molecule has 1 aromatic carbocycles. The molecule has 0 radical (unpaired) electrons. The zero-order valence-electron chi connectivity index (χ0n) is 11.9. The molecule has 1 amide bonds. The van der Waals surface area contributed by atoms with Gasteiger partial charge in [-0.15, -0.1) is 0 Å². The highest BCUT2D eigenvalue weighted by Gasteiger charge is 2.54. The van der Waals surface area contributed by atoms with E-state index in [4.69, 9.17) is 0 Å². The first-order chi connectivity index (χ1) is 10.3. The monoisotopic (exact) mass is 281 g/mol. The number of amides is 1. The SMILES string of the molecule is O=C(Nc1ccc(-c2ccn[nH]2)cc1)C1C2CCCCC21. The minimum atomic E-state index is 0.209. The number of carbonyl (C=O) groups excluding carboxylic acids is 1. The first-order valence-electron chi connectivity index (χ1n) is 7.73. The number of hydrogen-bond acceptors (Lipinski definition) is 2. The second kappa shape index (κ2) is 5.02. The van der Waals surface area contributed by atoms with Gasteiger partial charge in [-0.25, -0.2) is 0 Å². The molecule has 2 atom stereocenters. The van der Waals surface area contributed by atoms with Crippen LogP contribution >= 0.6 is 0 Å². The van der Waals surface area contributed by atoms with E-state index < -0.39 is 0 Å². The number of carbonyl (C=O) groups is 1. The highest BCUT2D eigenvalue weighted by molar-refractivity contribution is 5.95. The van der Waals surface area contributed by atoms with Gasteiger partial charge in [-0.3, -0.25) is 9.89 Å². The van der Waals surface area contributed by atoms with Crippen LogP contribution in [0.3, 0.4) is 0 Å². The average Bonchev–Trinajstić information content (AvgIpc) is 2.99. The predicted molar refractivity (Wildman–Crippen MR) is 81.6 cm³/mol. The molecular formula is C17H19N3O. The minimum absolute atomic E-state index is 0.209. The lowest BCUT2D eigenvalue weighted by atomic mass is 10.0. The number of nitrogens with one attached hydrogen (secondary N) is 2. The smallest absolute Gasteiger partial charge is 0.228 e. The van der Waals surface area contributed by atoms with Crippen LogP contribution in [0.2, 0.25) is 0 Å². The molecule has 2 aromatic rings. The van der Waals surface area contributed by atoms with Gasteiger partial charge in [0.1, 0.15) is 0 Å². The zero-order chi connectivity index (χ0) is 14.2. The van der Waals surface area contributed by atoms with Crippen LogP contribution in [-0.2, 0) is 4.79 Å². The number of nitrogens with zero attached hydrogens (tertiary/aromatic N) is 1. The highest BCUT2D eigenvalue weighted by Crippen LogP contribution is 2.55. The maximum Gasteiger partial charge on any atom is 0.228 e. The summed E-state index contributed by atoms with van der Waals surface area (Å²) < 4.78 is 0. The van der Waals surface area contributed by atoms with Crippen LogP contribution in [0.1, 0.15) is 25.7 Å². The van der Waals surface area contributed by atoms with E-state index in [0.717, 1.165) is 16.9 Å². The molecule has 2 aliphatic carbocycles. The van der Waals surface area contributed by atoms with Crippen molar-refractivity contribution < 1.29 is 4.79 Å². The summed E-state index contributed by atoms with van der Waals surface area (Å²) in [5.41, 5.74) is 2.94. The van der Waals surface area contributed by atoms with E-state index in [1.165, 1.54) is 25.7 Å². The average molecular weight is 281 g/mol. The van der Waals surface area contributed by atoms with E-state index in [9.17, 15) is 4.79 Å². The van der Waals surface area contributed by atoms with Gasteiger partial charge in [-0.1, -0.05) is 25.0 Å². The number of anilines is 1. The summed E-state index contributed by atoms with van der Waals surface area (Å²) in [5.74, 6) is 1.78. The normalized spacial score (nSPS) is 27.0. The summed E-state index contributed by atoms with van der Waals surface area (Å²) in [7, 11) is 0. The molecule has 2 fully saturated rings. The summed E-state index contributed by atoms with van der Waals surface area (Å²) in [6.07, 6.45) is 6.80. The molecule has 108 valence electrons. The van der Waals surface area contributed by atoms with Crippen molar-refractivity contribution in [1.29, 1.82) is 0 Å². The standard InChI is InChI=1S/C17H19N3O/c21-17(16-13-3-1-2-4-14(13)16)19-12-7-5-11(6-8-12)15-9-10-18-20-15/h5-10,13-14,16H,1-4H2,(H,18,20)(H,19,21). The molecule has 4 nitrogen and oxygen atoms in total. The second-order valence-corrected chi connectivity index (χ2v) is 6.17. The molecule has 0 saturated heterocycles. The lowest BCUT2D eigenvalue weighted by molar-refractivity contribution is -0.117. The number of H-pyrrole nitrogens is 1. The first-order valence-corrected chi connectivity index (χ1v) is 7.73. The Kier molecular flexibility index (Phi) is 3.02. The summed E-state index contributed by atoms with van der Waals surface area (Å²) in [6, 6.07) is 9.86. The van der Waals surface area contributed by atoms with Crippen molar-refractivity contribution in [3.05, 3.63) is 36.5 Å². The van der Waals surface area contributed by atoms with Gasteiger partial charge in [0.25, 0.3) is 0 Å². The molecule has 1 heterocycles. The molecule has 2 unspecified atom stereocenters. The summed E-state index contributed by atoms with van der Waals surface area (Å²) in [6.45, 7) is 0. The molecule has 1 aromatic heterocycles. The second-order valence-electron chi connectivity index (χ2n) is 6.17. The molecule has 2 N–H and O–H groups in total. The van der Waals surface area contributed by atoms with Crippen molar-refractivity contribution in [3.8, 4) is 11.3 Å². The molecular weight excluding hydrogens is 262 g/mol. The van der Waals surface area contributed by atoms with Crippen molar-refractivity contribution in [1.82, 2.24) is 10.2 Å². The number of fused-ring (bicyclic) bond motifs is 1. The van der Waals surface area contributed by atoms with Gasteiger partial charge in [-0.2, -0.15) is 5.10 Å². The van der Waals surface area contributed by atoms with Gasteiger partial charge in [0, 0.05) is 17.8 Å². The fourth-order valence-corrected chi connectivity index (χ4v) is 3.76. The topological polar surface area (TPSA) is 57.8 Å². The predicted octanol–water partition coefficient (Wildman–Crippen LogP) is 3.45. The van der Waals surface area contributed by atoms with Gasteiger partial charge in [0.2, 0.25) is 5.91 Å². The highest BCUT2D eigenvalue weighted by atomic mass is 16.2. The molecule has 0 bridgehead atoms. The van der Waals surface area contributed by atoms with Crippen molar-refractivity contribution in [2.24, 2.45) is 17.8 Å². The van der Waals surface area contributed by atoms with E-state index in [1.807, 2.05) is 30.3 Å². The third-order valence-corrected chi connectivity index (χ3v) is 4.92. The number of aromatic amines is 1. The van der Waals surface area contributed by atoms with Gasteiger partial charge in [0.15, 0.2) is 0 Å². The fraction of sp³-hybridized carbons (Fsp3) is 0.412. The molecule has 4 rings (SSSR count). The van der Waals surface area contributed by atoms with Crippen LogP contribution in [0.25, 0.3) is 11.3 Å². The number of aromatic nitrogens is 2. The lowest BCUT2D eigenvalue weighted by Crippen LogP contribution is -2.15. The van der Waals surface area contributed by atoms with Crippen LogP contribution in [0.5, 0.6) is 0 Å². The molecule has 21 heavy (non-hydrogen) atoms. The van der Waals surface area contributed by atoms with E-state index in [0.29, 0.717) is 11.8 Å².